The van der Waals surface area contributed by atoms with Gasteiger partial charge < -0.3 is 0 Å². The largest absolute Gasteiger partial charge is 0.207 e. The summed E-state index contributed by atoms with van der Waals surface area (Å²) in [5.74, 6) is -0.387. The molecule has 0 N–H and O–H groups in total. The molecule has 0 nitrogen and oxygen atoms in total. The fraction of sp³-hybridized carbons (Fsp3) is 0.0769. The molecule has 0 amide bonds. The third kappa shape index (κ3) is 2.90. The van der Waals surface area contributed by atoms with Crippen molar-refractivity contribution in [3.63, 3.8) is 0 Å². The van der Waals surface area contributed by atoms with Gasteiger partial charge in [-0.15, -0.1) is 11.6 Å². The van der Waals surface area contributed by atoms with Gasteiger partial charge in [0, 0.05) is 14.5 Å². The van der Waals surface area contributed by atoms with E-state index in [9.17, 15) is 4.39 Å². The molecule has 94 valence electrons. The molecule has 18 heavy (non-hydrogen) atoms. The van der Waals surface area contributed by atoms with E-state index in [0.717, 1.165) is 10.0 Å². The van der Waals surface area contributed by atoms with Crippen LogP contribution in [0, 0.1) is 5.82 Å². The number of benzene rings is 2. The minimum Gasteiger partial charge on any atom is -0.207 e. The highest BCUT2D eigenvalue weighted by molar-refractivity contribution is 9.10. The number of alkyl halides is 1. The summed E-state index contributed by atoms with van der Waals surface area (Å²) in [4.78, 5) is 0. The fourth-order valence-corrected chi connectivity index (χ4v) is 3.07. The van der Waals surface area contributed by atoms with Crippen molar-refractivity contribution >= 4 is 55.1 Å². The van der Waals surface area contributed by atoms with Gasteiger partial charge in [0.25, 0.3) is 0 Å². The zero-order chi connectivity index (χ0) is 13.3. The third-order valence-electron chi connectivity index (χ3n) is 2.49. The lowest BCUT2D eigenvalue weighted by molar-refractivity contribution is 0.611. The first-order valence-corrected chi connectivity index (χ1v) is 7.43. The lowest BCUT2D eigenvalue weighted by Gasteiger charge is -2.14. The van der Waals surface area contributed by atoms with Crippen molar-refractivity contribution in [2.24, 2.45) is 0 Å². The number of rotatable bonds is 2. The summed E-state index contributed by atoms with van der Waals surface area (Å²) < 4.78 is 15.3. The van der Waals surface area contributed by atoms with E-state index >= 15 is 0 Å². The Morgan fingerprint density at radius 1 is 1.00 bits per heavy atom. The highest BCUT2D eigenvalue weighted by atomic mass is 79.9. The standard InChI is InChI=1S/C13H7Br2Cl2F/c14-9-4-2-1-3-7(9)13(17)8-5-11(16)10(15)6-12(8)18/h1-6,13H. The molecule has 0 aliphatic carbocycles. The minimum absolute atomic E-state index is 0.358. The van der Waals surface area contributed by atoms with Crippen LogP contribution in [0.1, 0.15) is 16.5 Å². The predicted molar refractivity (Wildman–Crippen MR) is 80.9 cm³/mol. The van der Waals surface area contributed by atoms with Crippen LogP contribution < -0.4 is 0 Å². The van der Waals surface area contributed by atoms with Gasteiger partial charge in [0.15, 0.2) is 0 Å². The predicted octanol–water partition coefficient (Wildman–Crippen LogP) is 6.33. The van der Waals surface area contributed by atoms with Crippen molar-refractivity contribution in [2.45, 2.75) is 5.38 Å². The lowest BCUT2D eigenvalue weighted by Crippen LogP contribution is -1.98. The molecule has 2 aromatic rings. The molecular weight excluding hydrogens is 406 g/mol. The van der Waals surface area contributed by atoms with Crippen LogP contribution in [-0.2, 0) is 0 Å². The Morgan fingerprint density at radius 2 is 1.67 bits per heavy atom. The molecule has 1 atom stereocenters. The van der Waals surface area contributed by atoms with Crippen LogP contribution >= 0.6 is 55.1 Å². The van der Waals surface area contributed by atoms with Crippen molar-refractivity contribution in [1.29, 1.82) is 0 Å². The van der Waals surface area contributed by atoms with Crippen LogP contribution in [0.5, 0.6) is 0 Å². The molecule has 0 heterocycles. The van der Waals surface area contributed by atoms with Gasteiger partial charge in [0.05, 0.1) is 10.4 Å². The van der Waals surface area contributed by atoms with E-state index in [4.69, 9.17) is 23.2 Å². The van der Waals surface area contributed by atoms with Gasteiger partial charge in [-0.25, -0.2) is 4.39 Å². The summed E-state index contributed by atoms with van der Waals surface area (Å²) in [6.07, 6.45) is 0. The smallest absolute Gasteiger partial charge is 0.129 e. The normalized spacial score (nSPS) is 12.5. The quantitative estimate of drug-likeness (QED) is 0.399. The second-order valence-corrected chi connectivity index (χ2v) is 6.22. The van der Waals surface area contributed by atoms with Crippen LogP contribution in [0.25, 0.3) is 0 Å². The molecule has 0 saturated carbocycles. The summed E-state index contributed by atoms with van der Waals surface area (Å²) >= 11 is 18.9. The van der Waals surface area contributed by atoms with Crippen LogP contribution in [-0.4, -0.2) is 0 Å². The highest BCUT2D eigenvalue weighted by Gasteiger charge is 2.19. The Balaban J connectivity index is 2.50. The molecule has 5 heteroatoms. The lowest BCUT2D eigenvalue weighted by atomic mass is 10.0. The zero-order valence-electron chi connectivity index (χ0n) is 8.93. The molecule has 0 bridgehead atoms. The Morgan fingerprint density at radius 3 is 2.33 bits per heavy atom. The summed E-state index contributed by atoms with van der Waals surface area (Å²) in [6, 6.07) is 10.3. The van der Waals surface area contributed by atoms with Crippen molar-refractivity contribution in [3.05, 3.63) is 67.3 Å². The van der Waals surface area contributed by atoms with Gasteiger partial charge >= 0.3 is 0 Å². The van der Waals surface area contributed by atoms with Gasteiger partial charge in [-0.05, 0) is 39.7 Å². The first-order valence-electron chi connectivity index (χ1n) is 5.03. The van der Waals surface area contributed by atoms with Crippen molar-refractivity contribution < 1.29 is 4.39 Å². The van der Waals surface area contributed by atoms with Gasteiger partial charge in [-0.2, -0.15) is 0 Å². The Bertz CT molecular complexity index is 587. The third-order valence-corrected chi connectivity index (χ3v) is 4.88. The molecule has 0 aliphatic rings. The monoisotopic (exact) mass is 410 g/mol. The van der Waals surface area contributed by atoms with Crippen LogP contribution in [0.15, 0.2) is 45.3 Å². The Hall–Kier alpha value is -0.0900. The second kappa shape index (κ2) is 5.91. The van der Waals surface area contributed by atoms with Crippen LogP contribution in [0.2, 0.25) is 5.02 Å². The number of halogens is 5. The maximum atomic E-state index is 13.9. The van der Waals surface area contributed by atoms with E-state index in [1.54, 1.807) is 0 Å². The molecule has 0 fully saturated rings. The van der Waals surface area contributed by atoms with Crippen LogP contribution in [0.4, 0.5) is 4.39 Å². The summed E-state index contributed by atoms with van der Waals surface area (Å²) in [5, 5.41) is -0.157. The van der Waals surface area contributed by atoms with Crippen molar-refractivity contribution in [2.75, 3.05) is 0 Å². The average Bonchev–Trinajstić information content (AvgIpc) is 2.33. The van der Waals surface area contributed by atoms with E-state index in [1.165, 1.54) is 12.1 Å². The van der Waals surface area contributed by atoms with Crippen molar-refractivity contribution in [3.8, 4) is 0 Å². The molecule has 2 rings (SSSR count). The number of hydrogen-bond donors (Lipinski definition) is 0. The first-order chi connectivity index (χ1) is 8.50. The average molecular weight is 413 g/mol. The molecular formula is C13H7Br2Cl2F. The molecule has 0 saturated heterocycles. The maximum Gasteiger partial charge on any atom is 0.129 e. The highest BCUT2D eigenvalue weighted by Crippen LogP contribution is 2.37. The maximum absolute atomic E-state index is 13.9. The molecule has 0 radical (unpaired) electrons. The zero-order valence-corrected chi connectivity index (χ0v) is 13.6. The van der Waals surface area contributed by atoms with Gasteiger partial charge in [-0.3, -0.25) is 0 Å². The summed E-state index contributed by atoms with van der Waals surface area (Å²) in [7, 11) is 0. The van der Waals surface area contributed by atoms with E-state index in [1.807, 2.05) is 24.3 Å². The van der Waals surface area contributed by atoms with Crippen molar-refractivity contribution in [1.82, 2.24) is 0 Å². The number of hydrogen-bond acceptors (Lipinski definition) is 0. The van der Waals surface area contributed by atoms with E-state index in [2.05, 4.69) is 31.9 Å². The first kappa shape index (κ1) is 14.3. The van der Waals surface area contributed by atoms with Gasteiger partial charge in [-0.1, -0.05) is 45.7 Å². The van der Waals surface area contributed by atoms with Gasteiger partial charge in [0.1, 0.15) is 5.82 Å². The Labute approximate surface area is 131 Å². The SMILES string of the molecule is Fc1cc(Br)c(Cl)cc1C(Cl)c1ccccc1Br. The van der Waals surface area contributed by atoms with E-state index in [-0.39, 0.29) is 5.82 Å². The molecule has 0 spiro atoms. The van der Waals surface area contributed by atoms with Crippen LogP contribution in [0.3, 0.4) is 0 Å². The summed E-state index contributed by atoms with van der Waals surface area (Å²) in [6.45, 7) is 0. The second-order valence-electron chi connectivity index (χ2n) is 3.67. The van der Waals surface area contributed by atoms with Gasteiger partial charge in [0.2, 0.25) is 0 Å². The van der Waals surface area contributed by atoms with E-state index in [0.29, 0.717) is 15.1 Å². The topological polar surface area (TPSA) is 0 Å². The van der Waals surface area contributed by atoms with E-state index < -0.39 is 5.38 Å². The fourth-order valence-electron chi connectivity index (χ4n) is 1.58. The molecule has 0 aliphatic heterocycles. The summed E-state index contributed by atoms with van der Waals surface area (Å²) in [5.41, 5.74) is 1.16. The minimum atomic E-state index is -0.592. The molecule has 0 aromatic heterocycles. The Kier molecular flexibility index (Phi) is 4.70. The molecule has 2 aromatic carbocycles. The molecule has 1 unspecified atom stereocenters.